The molecule has 0 saturated carbocycles. The van der Waals surface area contributed by atoms with Crippen LogP contribution < -0.4 is 5.73 Å². The third kappa shape index (κ3) is 3.98. The van der Waals surface area contributed by atoms with Crippen molar-refractivity contribution >= 4 is 17.2 Å². The minimum atomic E-state index is 0.232. The second-order valence-corrected chi connectivity index (χ2v) is 5.97. The quantitative estimate of drug-likeness (QED) is 0.425. The molecule has 0 aliphatic heterocycles. The first-order valence-corrected chi connectivity index (χ1v) is 8.09. The third-order valence-corrected chi connectivity index (χ3v) is 4.09. The lowest BCUT2D eigenvalue weighted by atomic mass is 10.1. The van der Waals surface area contributed by atoms with Crippen molar-refractivity contribution in [1.29, 1.82) is 0 Å². The summed E-state index contributed by atoms with van der Waals surface area (Å²) in [6.45, 7) is 2.09. The maximum absolute atomic E-state index is 5.87. The zero-order valence-electron chi connectivity index (χ0n) is 12.7. The van der Waals surface area contributed by atoms with E-state index in [1.54, 1.807) is 11.3 Å². The Labute approximate surface area is 138 Å². The molecule has 23 heavy (non-hydrogen) atoms. The number of oxime groups is 1. The minimum Gasteiger partial charge on any atom is -0.440 e. The molecule has 3 aromatic rings. The average Bonchev–Trinajstić information content (AvgIpc) is 3.18. The van der Waals surface area contributed by atoms with Crippen LogP contribution in [0.25, 0.3) is 10.8 Å². The van der Waals surface area contributed by atoms with Gasteiger partial charge in [-0.15, -0.1) is 11.3 Å². The highest BCUT2D eigenvalue weighted by atomic mass is 32.1. The van der Waals surface area contributed by atoms with E-state index in [0.29, 0.717) is 18.1 Å². The Bertz CT molecular complexity index is 780. The molecule has 5 nitrogen and oxygen atoms in total. The zero-order valence-corrected chi connectivity index (χ0v) is 13.5. The van der Waals surface area contributed by atoms with E-state index < -0.39 is 0 Å². The van der Waals surface area contributed by atoms with Gasteiger partial charge in [-0.2, -0.15) is 0 Å². The first-order valence-electron chi connectivity index (χ1n) is 7.21. The molecule has 1 aromatic carbocycles. The number of aromatic nitrogens is 1. The highest BCUT2D eigenvalue weighted by molar-refractivity contribution is 7.13. The Balaban J connectivity index is 1.59. The van der Waals surface area contributed by atoms with E-state index in [2.05, 4.69) is 10.1 Å². The molecular formula is C17H17N3O2S. The predicted octanol–water partition coefficient (Wildman–Crippen LogP) is 3.74. The Hall–Kier alpha value is -2.60. The van der Waals surface area contributed by atoms with Crippen LogP contribution in [-0.2, 0) is 17.9 Å². The van der Waals surface area contributed by atoms with Crippen LogP contribution in [0.2, 0.25) is 0 Å². The molecular weight excluding hydrogens is 310 g/mol. The molecule has 2 heterocycles. The van der Waals surface area contributed by atoms with Crippen LogP contribution in [0.5, 0.6) is 0 Å². The number of hydrogen-bond donors (Lipinski definition) is 1. The topological polar surface area (TPSA) is 73.6 Å². The molecule has 6 heteroatoms. The van der Waals surface area contributed by atoms with Crippen molar-refractivity contribution in [1.82, 2.24) is 4.98 Å². The van der Waals surface area contributed by atoms with Gasteiger partial charge in [0.2, 0.25) is 5.89 Å². The van der Waals surface area contributed by atoms with Gasteiger partial charge in [0.05, 0.1) is 4.88 Å². The molecule has 2 aromatic heterocycles. The lowest BCUT2D eigenvalue weighted by Crippen LogP contribution is -2.15. The van der Waals surface area contributed by atoms with E-state index in [0.717, 1.165) is 21.9 Å². The predicted molar refractivity (Wildman–Crippen MR) is 91.1 cm³/mol. The highest BCUT2D eigenvalue weighted by Gasteiger charge is 2.12. The Morgan fingerprint density at radius 2 is 2.09 bits per heavy atom. The summed E-state index contributed by atoms with van der Waals surface area (Å²) < 4.78 is 5.65. The molecule has 0 unspecified atom stereocenters. The second kappa shape index (κ2) is 7.11. The number of thiophene rings is 1. The van der Waals surface area contributed by atoms with Gasteiger partial charge in [0.1, 0.15) is 17.3 Å². The van der Waals surface area contributed by atoms with Crippen LogP contribution in [0, 0.1) is 6.92 Å². The number of rotatable bonds is 6. The summed E-state index contributed by atoms with van der Waals surface area (Å²) in [7, 11) is 0. The van der Waals surface area contributed by atoms with Crippen LogP contribution in [0.4, 0.5) is 0 Å². The van der Waals surface area contributed by atoms with Gasteiger partial charge in [-0.25, -0.2) is 4.98 Å². The summed E-state index contributed by atoms with van der Waals surface area (Å²) in [4.78, 5) is 10.7. The summed E-state index contributed by atoms with van der Waals surface area (Å²) >= 11 is 1.58. The Morgan fingerprint density at radius 1 is 1.26 bits per heavy atom. The number of nitrogens with zero attached hydrogens (tertiary/aromatic N) is 2. The van der Waals surface area contributed by atoms with Crippen molar-refractivity contribution in [2.75, 3.05) is 0 Å². The monoisotopic (exact) mass is 327 g/mol. The van der Waals surface area contributed by atoms with Gasteiger partial charge in [-0.3, -0.25) is 0 Å². The van der Waals surface area contributed by atoms with Crippen molar-refractivity contribution < 1.29 is 9.25 Å². The van der Waals surface area contributed by atoms with Crippen LogP contribution in [-0.4, -0.2) is 10.8 Å². The van der Waals surface area contributed by atoms with Gasteiger partial charge in [0, 0.05) is 6.42 Å². The molecule has 3 rings (SSSR count). The van der Waals surface area contributed by atoms with Crippen molar-refractivity contribution in [2.24, 2.45) is 10.9 Å². The van der Waals surface area contributed by atoms with E-state index in [4.69, 9.17) is 15.0 Å². The molecule has 0 atom stereocenters. The number of aryl methyl sites for hydroxylation is 1. The van der Waals surface area contributed by atoms with E-state index >= 15 is 0 Å². The van der Waals surface area contributed by atoms with Gasteiger partial charge < -0.3 is 15.0 Å². The molecule has 118 valence electrons. The molecule has 0 saturated heterocycles. The van der Waals surface area contributed by atoms with E-state index in [9.17, 15) is 0 Å². The second-order valence-electron chi connectivity index (χ2n) is 5.02. The lowest BCUT2D eigenvalue weighted by molar-refractivity contribution is 0.126. The molecule has 2 N–H and O–H groups in total. The van der Waals surface area contributed by atoms with E-state index in [-0.39, 0.29) is 6.61 Å². The summed E-state index contributed by atoms with van der Waals surface area (Å²) in [6, 6.07) is 13.8. The van der Waals surface area contributed by atoms with Crippen LogP contribution in [0.3, 0.4) is 0 Å². The van der Waals surface area contributed by atoms with E-state index in [1.807, 2.05) is 54.8 Å². The first-order chi connectivity index (χ1) is 11.2. The SMILES string of the molecule is Cc1oc(-c2cccs2)nc1CO/N=C(/N)Cc1ccccc1. The number of nitrogens with two attached hydrogens (primary N) is 1. The van der Waals surface area contributed by atoms with Crippen molar-refractivity contribution in [3.63, 3.8) is 0 Å². The number of benzene rings is 1. The first kappa shape index (κ1) is 15.3. The summed E-state index contributed by atoms with van der Waals surface area (Å²) in [6.07, 6.45) is 0.555. The molecule has 0 fully saturated rings. The molecule has 0 aliphatic rings. The standard InChI is InChI=1S/C17H17N3O2S/c1-12-14(19-17(22-12)15-8-5-9-23-15)11-21-20-16(18)10-13-6-3-2-4-7-13/h2-9H,10-11H2,1H3,(H2,18,20). The summed E-state index contributed by atoms with van der Waals surface area (Å²) in [5, 5.41) is 5.93. The van der Waals surface area contributed by atoms with Gasteiger partial charge in [0.15, 0.2) is 6.61 Å². The summed E-state index contributed by atoms with van der Waals surface area (Å²) in [5.74, 6) is 1.76. The molecule has 0 amide bonds. The minimum absolute atomic E-state index is 0.232. The van der Waals surface area contributed by atoms with Crippen molar-refractivity contribution in [2.45, 2.75) is 20.0 Å². The number of oxazole rings is 1. The fourth-order valence-corrected chi connectivity index (χ4v) is 2.73. The van der Waals surface area contributed by atoms with Gasteiger partial charge in [-0.05, 0) is 23.9 Å². The fourth-order valence-electron chi connectivity index (χ4n) is 2.08. The molecule has 0 aliphatic carbocycles. The summed E-state index contributed by atoms with van der Waals surface area (Å²) in [5.41, 5.74) is 7.69. The average molecular weight is 327 g/mol. The van der Waals surface area contributed by atoms with Gasteiger partial charge in [-0.1, -0.05) is 41.6 Å². The smallest absolute Gasteiger partial charge is 0.236 e. The van der Waals surface area contributed by atoms with Crippen molar-refractivity contribution in [3.8, 4) is 10.8 Å². The maximum atomic E-state index is 5.87. The van der Waals surface area contributed by atoms with Crippen LogP contribution in [0.1, 0.15) is 17.0 Å². The van der Waals surface area contributed by atoms with Crippen LogP contribution >= 0.6 is 11.3 Å². The zero-order chi connectivity index (χ0) is 16.1. The third-order valence-electron chi connectivity index (χ3n) is 3.24. The fraction of sp³-hybridized carbons (Fsp3) is 0.176. The molecule has 0 bridgehead atoms. The van der Waals surface area contributed by atoms with Crippen LogP contribution in [0.15, 0.2) is 57.4 Å². The Kier molecular flexibility index (Phi) is 4.73. The largest absolute Gasteiger partial charge is 0.440 e. The number of hydrogen-bond acceptors (Lipinski definition) is 5. The Morgan fingerprint density at radius 3 is 2.83 bits per heavy atom. The van der Waals surface area contributed by atoms with Crippen molar-refractivity contribution in [3.05, 3.63) is 64.9 Å². The molecule has 0 spiro atoms. The van der Waals surface area contributed by atoms with E-state index in [1.165, 1.54) is 0 Å². The number of amidine groups is 1. The maximum Gasteiger partial charge on any atom is 0.236 e. The lowest BCUT2D eigenvalue weighted by Gasteiger charge is -2.01. The highest BCUT2D eigenvalue weighted by Crippen LogP contribution is 2.26. The van der Waals surface area contributed by atoms with Gasteiger partial charge in [0.25, 0.3) is 0 Å². The normalized spacial score (nSPS) is 11.6. The van der Waals surface area contributed by atoms with Gasteiger partial charge >= 0.3 is 0 Å². The molecule has 0 radical (unpaired) electrons.